The number of halogens is 3. The molecule has 116 valence electrons. The first-order valence-electron chi connectivity index (χ1n) is 6.22. The van der Waals surface area contributed by atoms with Crippen LogP contribution in [-0.2, 0) is 11.0 Å². The number of nitrogens with zero attached hydrogens (tertiary/aromatic N) is 2. The van der Waals surface area contributed by atoms with Gasteiger partial charge in [0.05, 0.1) is 5.56 Å². The Labute approximate surface area is 119 Å². The third-order valence-electron chi connectivity index (χ3n) is 3.00. The lowest BCUT2D eigenvalue weighted by Crippen LogP contribution is -2.42. The maximum Gasteiger partial charge on any atom is 0.417 e. The normalized spacial score (nSPS) is 12.8. The third-order valence-corrected chi connectivity index (χ3v) is 3.00. The van der Waals surface area contributed by atoms with Gasteiger partial charge in [0.15, 0.2) is 0 Å². The average molecular weight is 304 g/mol. The van der Waals surface area contributed by atoms with Gasteiger partial charge < -0.3 is 10.0 Å². The predicted octanol–water partition coefficient (Wildman–Crippen LogP) is 2.43. The van der Waals surface area contributed by atoms with Gasteiger partial charge in [-0.25, -0.2) is 0 Å². The van der Waals surface area contributed by atoms with E-state index in [2.05, 4.69) is 4.98 Å². The third kappa shape index (κ3) is 4.44. The summed E-state index contributed by atoms with van der Waals surface area (Å²) in [5.74, 6) is -1.91. The SMILES string of the molecule is CCC(C)N(CC(=O)O)C(=O)c1ccc(C(F)(F)F)cn1. The van der Waals surface area contributed by atoms with E-state index >= 15 is 0 Å². The van der Waals surface area contributed by atoms with Crippen LogP contribution in [-0.4, -0.2) is 39.5 Å². The predicted molar refractivity (Wildman–Crippen MR) is 67.7 cm³/mol. The Balaban J connectivity index is 3.01. The second-order valence-corrected chi connectivity index (χ2v) is 4.51. The molecule has 0 aliphatic rings. The maximum atomic E-state index is 12.4. The van der Waals surface area contributed by atoms with Crippen molar-refractivity contribution in [2.75, 3.05) is 6.54 Å². The van der Waals surface area contributed by atoms with E-state index < -0.39 is 30.2 Å². The van der Waals surface area contributed by atoms with Crippen molar-refractivity contribution in [2.24, 2.45) is 0 Å². The highest BCUT2D eigenvalue weighted by atomic mass is 19.4. The molecule has 0 saturated heterocycles. The molecule has 0 spiro atoms. The number of carbonyl (C=O) groups excluding carboxylic acids is 1. The van der Waals surface area contributed by atoms with Crippen molar-refractivity contribution in [2.45, 2.75) is 32.5 Å². The van der Waals surface area contributed by atoms with E-state index in [4.69, 9.17) is 5.11 Å². The number of alkyl halides is 3. The summed E-state index contributed by atoms with van der Waals surface area (Å²) in [6, 6.07) is 1.33. The molecule has 1 N–H and O–H groups in total. The highest BCUT2D eigenvalue weighted by Crippen LogP contribution is 2.28. The summed E-state index contributed by atoms with van der Waals surface area (Å²) >= 11 is 0. The molecular weight excluding hydrogens is 289 g/mol. The van der Waals surface area contributed by atoms with E-state index in [0.29, 0.717) is 12.6 Å². The fourth-order valence-corrected chi connectivity index (χ4v) is 1.63. The summed E-state index contributed by atoms with van der Waals surface area (Å²) in [6.07, 6.45) is -3.46. The second-order valence-electron chi connectivity index (χ2n) is 4.51. The number of hydrogen-bond acceptors (Lipinski definition) is 3. The average Bonchev–Trinajstić information content (AvgIpc) is 2.42. The zero-order valence-corrected chi connectivity index (χ0v) is 11.5. The van der Waals surface area contributed by atoms with Crippen LogP contribution in [0.1, 0.15) is 36.3 Å². The molecule has 5 nitrogen and oxygen atoms in total. The Morgan fingerprint density at radius 2 is 2.00 bits per heavy atom. The summed E-state index contributed by atoms with van der Waals surface area (Å²) < 4.78 is 37.3. The summed E-state index contributed by atoms with van der Waals surface area (Å²) in [4.78, 5) is 27.5. The molecule has 1 unspecified atom stereocenters. The van der Waals surface area contributed by atoms with Crippen molar-refractivity contribution in [1.82, 2.24) is 9.88 Å². The number of rotatable bonds is 5. The Morgan fingerprint density at radius 1 is 1.38 bits per heavy atom. The first kappa shape index (κ1) is 16.9. The number of carbonyl (C=O) groups is 2. The molecule has 1 aromatic heterocycles. The Hall–Kier alpha value is -2.12. The highest BCUT2D eigenvalue weighted by Gasteiger charge is 2.31. The number of aromatic nitrogens is 1. The van der Waals surface area contributed by atoms with Crippen LogP contribution in [0.25, 0.3) is 0 Å². The number of pyridine rings is 1. The molecule has 0 aliphatic carbocycles. The van der Waals surface area contributed by atoms with E-state index in [1.807, 2.05) is 0 Å². The largest absolute Gasteiger partial charge is 0.480 e. The minimum atomic E-state index is -4.54. The number of aliphatic carboxylic acids is 1. The lowest BCUT2D eigenvalue weighted by Gasteiger charge is -2.26. The molecule has 1 rings (SSSR count). The molecule has 1 heterocycles. The van der Waals surface area contributed by atoms with Gasteiger partial charge in [-0.05, 0) is 25.5 Å². The van der Waals surface area contributed by atoms with Crippen LogP contribution < -0.4 is 0 Å². The van der Waals surface area contributed by atoms with Crippen molar-refractivity contribution < 1.29 is 27.9 Å². The molecule has 0 bridgehead atoms. The van der Waals surface area contributed by atoms with Crippen LogP contribution in [0.5, 0.6) is 0 Å². The highest BCUT2D eigenvalue weighted by molar-refractivity contribution is 5.94. The quantitative estimate of drug-likeness (QED) is 0.907. The van der Waals surface area contributed by atoms with Gasteiger partial charge in [-0.15, -0.1) is 0 Å². The Bertz CT molecular complexity index is 514. The van der Waals surface area contributed by atoms with Gasteiger partial charge in [0.1, 0.15) is 12.2 Å². The van der Waals surface area contributed by atoms with Crippen molar-refractivity contribution in [3.8, 4) is 0 Å². The number of carboxylic acid groups (broad SMARTS) is 1. The summed E-state index contributed by atoms with van der Waals surface area (Å²) in [5, 5.41) is 8.81. The van der Waals surface area contributed by atoms with Crippen LogP contribution in [0.15, 0.2) is 18.3 Å². The van der Waals surface area contributed by atoms with Crippen molar-refractivity contribution in [1.29, 1.82) is 0 Å². The minimum Gasteiger partial charge on any atom is -0.480 e. The Kier molecular flexibility index (Phi) is 5.28. The van der Waals surface area contributed by atoms with Gasteiger partial charge in [0, 0.05) is 12.2 Å². The van der Waals surface area contributed by atoms with Crippen molar-refractivity contribution in [3.63, 3.8) is 0 Å². The summed E-state index contributed by atoms with van der Waals surface area (Å²) in [7, 11) is 0. The summed E-state index contributed by atoms with van der Waals surface area (Å²) in [6.45, 7) is 2.90. The van der Waals surface area contributed by atoms with Crippen molar-refractivity contribution in [3.05, 3.63) is 29.6 Å². The molecule has 1 amide bonds. The molecular formula is C13H15F3N2O3. The van der Waals surface area contributed by atoms with Gasteiger partial charge in [-0.3, -0.25) is 14.6 Å². The van der Waals surface area contributed by atoms with Gasteiger partial charge >= 0.3 is 12.1 Å². The molecule has 0 aromatic carbocycles. The van der Waals surface area contributed by atoms with Crippen molar-refractivity contribution >= 4 is 11.9 Å². The fourth-order valence-electron chi connectivity index (χ4n) is 1.63. The van der Waals surface area contributed by atoms with Gasteiger partial charge in [-0.1, -0.05) is 6.92 Å². The fraction of sp³-hybridized carbons (Fsp3) is 0.462. The molecule has 1 aromatic rings. The standard InChI is InChI=1S/C13H15F3N2O3/c1-3-8(2)18(7-11(19)20)12(21)10-5-4-9(6-17-10)13(14,15)16/h4-6,8H,3,7H2,1-2H3,(H,19,20). The second kappa shape index (κ2) is 6.55. The molecule has 0 aliphatic heterocycles. The first-order chi connectivity index (χ1) is 9.66. The smallest absolute Gasteiger partial charge is 0.417 e. The zero-order chi connectivity index (χ0) is 16.2. The topological polar surface area (TPSA) is 70.5 Å². The van der Waals surface area contributed by atoms with Crippen LogP contribution in [0.2, 0.25) is 0 Å². The van der Waals surface area contributed by atoms with E-state index in [-0.39, 0.29) is 11.7 Å². The van der Waals surface area contributed by atoms with E-state index in [1.54, 1.807) is 13.8 Å². The van der Waals surface area contributed by atoms with Crippen LogP contribution in [0.3, 0.4) is 0 Å². The van der Waals surface area contributed by atoms with Crippen LogP contribution in [0, 0.1) is 0 Å². The van der Waals surface area contributed by atoms with Gasteiger partial charge in [0.25, 0.3) is 5.91 Å². The van der Waals surface area contributed by atoms with Gasteiger partial charge in [0.2, 0.25) is 0 Å². The lowest BCUT2D eigenvalue weighted by molar-refractivity contribution is -0.138. The Morgan fingerprint density at radius 3 is 2.38 bits per heavy atom. The first-order valence-corrected chi connectivity index (χ1v) is 6.22. The molecule has 0 saturated carbocycles. The molecule has 1 atom stereocenters. The number of carboxylic acids is 1. The minimum absolute atomic E-state index is 0.218. The number of amides is 1. The molecule has 21 heavy (non-hydrogen) atoms. The van der Waals surface area contributed by atoms with Crippen LogP contribution in [0.4, 0.5) is 13.2 Å². The van der Waals surface area contributed by atoms with Crippen LogP contribution >= 0.6 is 0 Å². The summed E-state index contributed by atoms with van der Waals surface area (Å²) in [5.41, 5.74) is -1.18. The zero-order valence-electron chi connectivity index (χ0n) is 11.5. The maximum absolute atomic E-state index is 12.4. The van der Waals surface area contributed by atoms with Gasteiger partial charge in [-0.2, -0.15) is 13.2 Å². The van der Waals surface area contributed by atoms with E-state index in [1.165, 1.54) is 0 Å². The molecule has 0 fully saturated rings. The number of hydrogen-bond donors (Lipinski definition) is 1. The monoisotopic (exact) mass is 304 g/mol. The lowest BCUT2D eigenvalue weighted by atomic mass is 10.2. The molecule has 0 radical (unpaired) electrons. The molecule has 8 heteroatoms. The van der Waals surface area contributed by atoms with E-state index in [0.717, 1.165) is 17.0 Å². The van der Waals surface area contributed by atoms with E-state index in [9.17, 15) is 22.8 Å².